The van der Waals surface area contributed by atoms with E-state index in [9.17, 15) is 19.2 Å². The lowest BCUT2D eigenvalue weighted by Gasteiger charge is -2.39. The van der Waals surface area contributed by atoms with Crippen LogP contribution in [0, 0.1) is 18.3 Å². The topological polar surface area (TPSA) is 131 Å². The number of ether oxygens (including phenoxy) is 1. The number of rotatable bonds is 16. The first-order valence-electron chi connectivity index (χ1n) is 14.6. The second kappa shape index (κ2) is 17.3. The van der Waals surface area contributed by atoms with Gasteiger partial charge < -0.3 is 26.0 Å². The largest absolute Gasteiger partial charge is 0.444 e. The van der Waals surface area contributed by atoms with Crippen molar-refractivity contribution in [3.63, 3.8) is 0 Å². The molecule has 0 radical (unpaired) electrons. The Labute approximate surface area is 246 Å². The van der Waals surface area contributed by atoms with Gasteiger partial charge in [0.15, 0.2) is 0 Å². The minimum Gasteiger partial charge on any atom is -0.444 e. The van der Waals surface area contributed by atoms with Gasteiger partial charge in [-0.15, -0.1) is 6.42 Å². The zero-order valence-corrected chi connectivity index (χ0v) is 25.9. The highest BCUT2D eigenvalue weighted by molar-refractivity contribution is 5.92. The number of benzene rings is 1. The lowest BCUT2D eigenvalue weighted by atomic mass is 9.96. The normalized spacial score (nSPS) is 13.4. The molecule has 41 heavy (non-hydrogen) atoms. The van der Waals surface area contributed by atoms with E-state index in [-0.39, 0.29) is 24.8 Å². The van der Waals surface area contributed by atoms with Gasteiger partial charge in [0.25, 0.3) is 0 Å². The van der Waals surface area contributed by atoms with E-state index >= 15 is 0 Å². The number of nitrogens with one attached hydrogen (secondary N) is 2. The maximum atomic E-state index is 14.4. The monoisotopic (exact) mass is 570 g/mol. The van der Waals surface area contributed by atoms with Crippen LogP contribution in [0.5, 0.6) is 0 Å². The fourth-order valence-electron chi connectivity index (χ4n) is 4.37. The zero-order chi connectivity index (χ0) is 31.2. The van der Waals surface area contributed by atoms with Gasteiger partial charge in [-0.25, -0.2) is 4.79 Å². The third kappa shape index (κ3) is 13.1. The molecule has 3 unspecified atom stereocenters. The van der Waals surface area contributed by atoms with Crippen molar-refractivity contribution in [1.82, 2.24) is 15.5 Å². The molecule has 0 spiro atoms. The number of terminal acetylenes is 1. The van der Waals surface area contributed by atoms with Gasteiger partial charge in [-0.2, -0.15) is 0 Å². The highest BCUT2D eigenvalue weighted by atomic mass is 16.6. The van der Waals surface area contributed by atoms with Crippen LogP contribution in [0.1, 0.15) is 111 Å². The predicted molar refractivity (Wildman–Crippen MR) is 162 cm³/mol. The molecule has 0 aliphatic carbocycles. The summed E-state index contributed by atoms with van der Waals surface area (Å²) in [4.78, 5) is 54.1. The summed E-state index contributed by atoms with van der Waals surface area (Å²) in [6.07, 6.45) is 8.80. The van der Waals surface area contributed by atoms with Gasteiger partial charge in [-0.05, 0) is 77.0 Å². The van der Waals surface area contributed by atoms with Crippen LogP contribution in [0.2, 0.25) is 0 Å². The standard InChI is InChI=1S/C32H50N4O5/c1-9-11-12-21-34-29(38)28(25-17-15-24(10-2)16-18-25)36(23(5)14-13-22(3)4)30(39)26(19-20-27(33)37)35-31(40)41-32(6,7)8/h2,15-18,22-23,26,28H,9,11-14,19-21H2,1,3-8H3,(H2,33,37)(H,34,38)(H,35,40). The molecule has 228 valence electrons. The maximum Gasteiger partial charge on any atom is 0.408 e. The Kier molecular flexibility index (Phi) is 15.0. The van der Waals surface area contributed by atoms with Crippen LogP contribution in [-0.2, 0) is 19.1 Å². The van der Waals surface area contributed by atoms with E-state index in [0.29, 0.717) is 30.0 Å². The van der Waals surface area contributed by atoms with Gasteiger partial charge in [0, 0.05) is 24.6 Å². The molecule has 0 saturated carbocycles. The lowest BCUT2D eigenvalue weighted by Crippen LogP contribution is -2.55. The van der Waals surface area contributed by atoms with Gasteiger partial charge in [0.1, 0.15) is 17.7 Å². The molecule has 0 bridgehead atoms. The number of unbranched alkanes of at least 4 members (excludes halogenated alkanes) is 2. The predicted octanol–water partition coefficient (Wildman–Crippen LogP) is 4.83. The molecule has 0 aliphatic heterocycles. The molecule has 1 rings (SSSR count). The first-order chi connectivity index (χ1) is 19.2. The van der Waals surface area contributed by atoms with Gasteiger partial charge in [0.2, 0.25) is 17.7 Å². The molecule has 1 aromatic carbocycles. The zero-order valence-electron chi connectivity index (χ0n) is 25.9. The van der Waals surface area contributed by atoms with E-state index < -0.39 is 35.6 Å². The third-order valence-corrected chi connectivity index (χ3v) is 6.56. The summed E-state index contributed by atoms with van der Waals surface area (Å²) < 4.78 is 5.40. The van der Waals surface area contributed by atoms with Gasteiger partial charge in [-0.1, -0.05) is 51.7 Å². The smallest absolute Gasteiger partial charge is 0.408 e. The fraction of sp³-hybridized carbons (Fsp3) is 0.625. The molecule has 0 saturated heterocycles. The van der Waals surface area contributed by atoms with Crippen molar-refractivity contribution in [3.05, 3.63) is 35.4 Å². The third-order valence-electron chi connectivity index (χ3n) is 6.56. The molecular formula is C32H50N4O5. The highest BCUT2D eigenvalue weighted by Crippen LogP contribution is 2.28. The number of hydrogen-bond donors (Lipinski definition) is 3. The maximum absolute atomic E-state index is 14.4. The number of hydrogen-bond acceptors (Lipinski definition) is 5. The summed E-state index contributed by atoms with van der Waals surface area (Å²) in [5.74, 6) is 1.52. The molecule has 3 atom stereocenters. The summed E-state index contributed by atoms with van der Waals surface area (Å²) in [7, 11) is 0. The van der Waals surface area contributed by atoms with E-state index in [1.54, 1.807) is 45.0 Å². The van der Waals surface area contributed by atoms with Crippen LogP contribution < -0.4 is 16.4 Å². The van der Waals surface area contributed by atoms with Crippen LogP contribution >= 0.6 is 0 Å². The molecular weight excluding hydrogens is 520 g/mol. The van der Waals surface area contributed by atoms with E-state index in [1.165, 1.54) is 4.90 Å². The number of primary amides is 1. The van der Waals surface area contributed by atoms with E-state index in [4.69, 9.17) is 16.9 Å². The van der Waals surface area contributed by atoms with Gasteiger partial charge >= 0.3 is 6.09 Å². The van der Waals surface area contributed by atoms with E-state index in [0.717, 1.165) is 25.7 Å². The Hall–Kier alpha value is -3.54. The van der Waals surface area contributed by atoms with Crippen molar-refractivity contribution in [1.29, 1.82) is 0 Å². The number of carbonyl (C=O) groups is 4. The molecule has 0 aliphatic rings. The summed E-state index contributed by atoms with van der Waals surface area (Å²) >= 11 is 0. The summed E-state index contributed by atoms with van der Waals surface area (Å²) in [6.45, 7) is 13.8. The van der Waals surface area contributed by atoms with Crippen molar-refractivity contribution >= 4 is 23.8 Å². The van der Waals surface area contributed by atoms with Crippen molar-refractivity contribution in [3.8, 4) is 12.3 Å². The molecule has 1 aromatic rings. The lowest BCUT2D eigenvalue weighted by molar-refractivity contribution is -0.145. The first-order valence-corrected chi connectivity index (χ1v) is 14.6. The van der Waals surface area contributed by atoms with Crippen molar-refractivity contribution in [2.75, 3.05) is 6.54 Å². The Morgan fingerprint density at radius 3 is 2.17 bits per heavy atom. The van der Waals surface area contributed by atoms with Crippen LogP contribution in [0.3, 0.4) is 0 Å². The van der Waals surface area contributed by atoms with Crippen molar-refractivity contribution in [2.45, 2.75) is 117 Å². The number of carbonyl (C=O) groups excluding carboxylic acids is 4. The first kappa shape index (κ1) is 35.5. The van der Waals surface area contributed by atoms with E-state index in [2.05, 4.69) is 37.3 Å². The summed E-state index contributed by atoms with van der Waals surface area (Å²) in [6, 6.07) is 4.46. The van der Waals surface area contributed by atoms with Crippen molar-refractivity contribution < 1.29 is 23.9 Å². The molecule has 9 nitrogen and oxygen atoms in total. The second-order valence-electron chi connectivity index (χ2n) is 11.9. The Balaban J connectivity index is 3.61. The summed E-state index contributed by atoms with van der Waals surface area (Å²) in [5.41, 5.74) is 5.84. The second-order valence-corrected chi connectivity index (χ2v) is 11.9. The highest BCUT2D eigenvalue weighted by Gasteiger charge is 2.38. The minimum absolute atomic E-state index is 0.0400. The van der Waals surface area contributed by atoms with Crippen molar-refractivity contribution in [2.24, 2.45) is 11.7 Å². The number of alkyl carbamates (subject to hydrolysis) is 1. The molecule has 0 aromatic heterocycles. The Bertz CT molecular complexity index is 1040. The summed E-state index contributed by atoms with van der Waals surface area (Å²) in [5, 5.41) is 5.64. The molecule has 4 N–H and O–H groups in total. The minimum atomic E-state index is -1.14. The van der Waals surface area contributed by atoms with Crippen LogP contribution in [-0.4, -0.2) is 52.9 Å². The van der Waals surface area contributed by atoms with Crippen LogP contribution in [0.25, 0.3) is 0 Å². The molecule has 4 amide bonds. The molecule has 0 heterocycles. The number of nitrogens with two attached hydrogens (primary N) is 1. The Morgan fingerprint density at radius 2 is 1.66 bits per heavy atom. The average Bonchev–Trinajstić information content (AvgIpc) is 2.89. The van der Waals surface area contributed by atoms with Crippen LogP contribution in [0.15, 0.2) is 24.3 Å². The molecule has 0 fully saturated rings. The fourth-order valence-corrected chi connectivity index (χ4v) is 4.37. The SMILES string of the molecule is C#Cc1ccc(C(C(=O)NCCCCC)N(C(=O)C(CCC(N)=O)NC(=O)OC(C)(C)C)C(C)CCC(C)C)cc1. The Morgan fingerprint density at radius 1 is 1.02 bits per heavy atom. The average molecular weight is 571 g/mol. The number of amides is 4. The van der Waals surface area contributed by atoms with E-state index in [1.807, 2.05) is 6.92 Å². The molecule has 9 heteroatoms. The van der Waals surface area contributed by atoms with Gasteiger partial charge in [-0.3, -0.25) is 14.4 Å². The van der Waals surface area contributed by atoms with Gasteiger partial charge in [0.05, 0.1) is 0 Å². The number of nitrogens with zero attached hydrogens (tertiary/aromatic N) is 1. The van der Waals surface area contributed by atoms with Crippen LogP contribution in [0.4, 0.5) is 4.79 Å². The quantitative estimate of drug-likeness (QED) is 0.194.